The first-order chi connectivity index (χ1) is 12.0. The van der Waals surface area contributed by atoms with E-state index in [9.17, 15) is 9.59 Å². The normalized spacial score (nSPS) is 25.5. The zero-order chi connectivity index (χ0) is 17.7. The van der Waals surface area contributed by atoms with Crippen molar-refractivity contribution in [1.82, 2.24) is 4.98 Å². The summed E-state index contributed by atoms with van der Waals surface area (Å²) < 4.78 is 0. The Morgan fingerprint density at radius 3 is 2.36 bits per heavy atom. The van der Waals surface area contributed by atoms with Crippen LogP contribution in [0.3, 0.4) is 0 Å². The van der Waals surface area contributed by atoms with Gasteiger partial charge in [0.15, 0.2) is 11.6 Å². The standard InChI is InChI=1S/C20H17Cl2NO2/c1-10-2-3-11(18-16(22)8-14(21)9-23-18)7-15(10)17-19(24)12-4-5-13(6-12)20(17)25/h2-3,7-9,12-13,17H,4-6H2,1H3. The summed E-state index contributed by atoms with van der Waals surface area (Å²) in [6, 6.07) is 7.37. The van der Waals surface area contributed by atoms with Gasteiger partial charge < -0.3 is 0 Å². The lowest BCUT2D eigenvalue weighted by atomic mass is 9.74. The van der Waals surface area contributed by atoms with E-state index in [1.54, 1.807) is 12.3 Å². The second kappa shape index (κ2) is 6.22. The Morgan fingerprint density at radius 1 is 1.04 bits per heavy atom. The van der Waals surface area contributed by atoms with Crippen LogP contribution in [-0.2, 0) is 9.59 Å². The van der Waals surface area contributed by atoms with Crippen molar-refractivity contribution < 1.29 is 9.59 Å². The van der Waals surface area contributed by atoms with E-state index in [4.69, 9.17) is 23.2 Å². The molecule has 2 saturated carbocycles. The minimum absolute atomic E-state index is 0.0352. The van der Waals surface area contributed by atoms with E-state index < -0.39 is 5.92 Å². The number of fused-ring (bicyclic) bond motifs is 2. The van der Waals surface area contributed by atoms with Crippen LogP contribution in [0, 0.1) is 18.8 Å². The molecule has 1 aromatic heterocycles. The summed E-state index contributed by atoms with van der Waals surface area (Å²) in [6.07, 6.45) is 3.96. The molecule has 0 aliphatic heterocycles. The molecular weight excluding hydrogens is 357 g/mol. The van der Waals surface area contributed by atoms with E-state index in [0.717, 1.165) is 36.0 Å². The smallest absolute Gasteiger partial charge is 0.150 e. The maximum atomic E-state index is 12.8. The first kappa shape index (κ1) is 16.7. The molecule has 1 aromatic carbocycles. The van der Waals surface area contributed by atoms with Gasteiger partial charge in [0, 0.05) is 23.6 Å². The highest BCUT2D eigenvalue weighted by Gasteiger charge is 2.47. The molecule has 5 heteroatoms. The fourth-order valence-electron chi connectivity index (χ4n) is 4.14. The summed E-state index contributed by atoms with van der Waals surface area (Å²) in [5.41, 5.74) is 3.13. The molecule has 25 heavy (non-hydrogen) atoms. The number of hydrogen-bond donors (Lipinski definition) is 0. The molecule has 1 heterocycles. The van der Waals surface area contributed by atoms with Gasteiger partial charge in [-0.05, 0) is 49.4 Å². The van der Waals surface area contributed by atoms with Gasteiger partial charge in [-0.2, -0.15) is 0 Å². The lowest BCUT2D eigenvalue weighted by Crippen LogP contribution is -2.35. The number of carbonyl (C=O) groups excluding carboxylic acids is 2. The summed E-state index contributed by atoms with van der Waals surface area (Å²) in [6.45, 7) is 1.94. The van der Waals surface area contributed by atoms with Crippen molar-refractivity contribution in [2.45, 2.75) is 32.1 Å². The van der Waals surface area contributed by atoms with Gasteiger partial charge in [-0.25, -0.2) is 0 Å². The highest BCUT2D eigenvalue weighted by atomic mass is 35.5. The highest BCUT2D eigenvalue weighted by molar-refractivity contribution is 6.36. The molecule has 0 radical (unpaired) electrons. The number of Topliss-reactive ketones (excluding diaryl/α,β-unsaturated/α-hetero) is 2. The number of nitrogens with zero attached hydrogens (tertiary/aromatic N) is 1. The van der Waals surface area contributed by atoms with Crippen LogP contribution in [0.4, 0.5) is 0 Å². The average Bonchev–Trinajstić information content (AvgIpc) is 3.02. The van der Waals surface area contributed by atoms with Crippen LogP contribution < -0.4 is 0 Å². The van der Waals surface area contributed by atoms with Crippen molar-refractivity contribution in [2.75, 3.05) is 0 Å². The van der Waals surface area contributed by atoms with Crippen molar-refractivity contribution in [1.29, 1.82) is 0 Å². The van der Waals surface area contributed by atoms with Crippen LogP contribution in [0.2, 0.25) is 10.0 Å². The van der Waals surface area contributed by atoms with E-state index in [0.29, 0.717) is 15.7 Å². The van der Waals surface area contributed by atoms with E-state index >= 15 is 0 Å². The predicted octanol–water partition coefficient (Wildman–Crippen LogP) is 5.02. The largest absolute Gasteiger partial charge is 0.298 e. The summed E-state index contributed by atoms with van der Waals surface area (Å²) in [5.74, 6) is -0.415. The van der Waals surface area contributed by atoms with E-state index in [1.165, 1.54) is 0 Å². The third-order valence-corrected chi connectivity index (χ3v) is 5.97. The quantitative estimate of drug-likeness (QED) is 0.694. The third kappa shape index (κ3) is 2.80. The van der Waals surface area contributed by atoms with Crippen LogP contribution in [0.1, 0.15) is 36.3 Å². The minimum atomic E-state index is -0.641. The van der Waals surface area contributed by atoms with Crippen LogP contribution in [0.15, 0.2) is 30.5 Å². The number of pyridine rings is 1. The van der Waals surface area contributed by atoms with Crippen molar-refractivity contribution in [3.8, 4) is 11.3 Å². The Bertz CT molecular complexity index is 871. The lowest BCUT2D eigenvalue weighted by Gasteiger charge is -2.27. The molecule has 2 atom stereocenters. The van der Waals surface area contributed by atoms with Gasteiger partial charge in [-0.15, -0.1) is 0 Å². The summed E-state index contributed by atoms with van der Waals surface area (Å²) >= 11 is 12.2. The number of rotatable bonds is 2. The van der Waals surface area contributed by atoms with Crippen LogP contribution in [0.5, 0.6) is 0 Å². The summed E-state index contributed by atoms with van der Waals surface area (Å²) in [5, 5.41) is 0.916. The van der Waals surface area contributed by atoms with Gasteiger partial charge in [0.25, 0.3) is 0 Å². The molecule has 2 fully saturated rings. The Balaban J connectivity index is 1.80. The number of hydrogen-bond acceptors (Lipinski definition) is 3. The lowest BCUT2D eigenvalue weighted by molar-refractivity contribution is -0.135. The number of aryl methyl sites for hydroxylation is 1. The fraction of sp³-hybridized carbons (Fsp3) is 0.350. The molecule has 0 amide bonds. The maximum absolute atomic E-state index is 12.8. The molecule has 2 aliphatic rings. The second-order valence-electron chi connectivity index (χ2n) is 7.00. The molecular formula is C20H17Cl2NO2. The van der Waals surface area contributed by atoms with Gasteiger partial charge in [-0.3, -0.25) is 14.6 Å². The topological polar surface area (TPSA) is 47.0 Å². The Morgan fingerprint density at radius 2 is 1.72 bits per heavy atom. The van der Waals surface area contributed by atoms with E-state index in [2.05, 4.69) is 4.98 Å². The second-order valence-corrected chi connectivity index (χ2v) is 7.84. The van der Waals surface area contributed by atoms with Gasteiger partial charge in [0.2, 0.25) is 0 Å². The fourth-order valence-corrected chi connectivity index (χ4v) is 4.63. The molecule has 2 bridgehead atoms. The molecule has 0 saturated heterocycles. The molecule has 0 N–H and O–H groups in total. The molecule has 128 valence electrons. The zero-order valence-electron chi connectivity index (χ0n) is 13.8. The van der Waals surface area contributed by atoms with Gasteiger partial charge in [0.1, 0.15) is 5.92 Å². The predicted molar refractivity (Wildman–Crippen MR) is 98.0 cm³/mol. The molecule has 2 unspecified atom stereocenters. The van der Waals surface area contributed by atoms with Crippen LogP contribution >= 0.6 is 23.2 Å². The van der Waals surface area contributed by atoms with Crippen LogP contribution in [-0.4, -0.2) is 16.6 Å². The average molecular weight is 374 g/mol. The number of aromatic nitrogens is 1. The summed E-state index contributed by atoms with van der Waals surface area (Å²) in [4.78, 5) is 30.0. The number of ketones is 2. The third-order valence-electron chi connectivity index (χ3n) is 5.48. The van der Waals surface area contributed by atoms with Gasteiger partial charge >= 0.3 is 0 Å². The monoisotopic (exact) mass is 373 g/mol. The number of carbonyl (C=O) groups is 2. The maximum Gasteiger partial charge on any atom is 0.150 e. The molecule has 2 aliphatic carbocycles. The van der Waals surface area contributed by atoms with Crippen molar-refractivity contribution in [2.24, 2.45) is 11.8 Å². The van der Waals surface area contributed by atoms with E-state index in [-0.39, 0.29) is 23.4 Å². The Labute approximate surface area is 156 Å². The number of benzene rings is 1. The Hall–Kier alpha value is -1.71. The van der Waals surface area contributed by atoms with Crippen molar-refractivity contribution in [3.05, 3.63) is 51.6 Å². The van der Waals surface area contributed by atoms with E-state index in [1.807, 2.05) is 25.1 Å². The van der Waals surface area contributed by atoms with Crippen LogP contribution in [0.25, 0.3) is 11.3 Å². The van der Waals surface area contributed by atoms with Gasteiger partial charge in [0.05, 0.1) is 15.7 Å². The first-order valence-electron chi connectivity index (χ1n) is 8.45. The molecule has 4 rings (SSSR count). The summed E-state index contributed by atoms with van der Waals surface area (Å²) in [7, 11) is 0. The van der Waals surface area contributed by atoms with Gasteiger partial charge in [-0.1, -0.05) is 35.3 Å². The van der Waals surface area contributed by atoms with Crippen molar-refractivity contribution >= 4 is 34.8 Å². The molecule has 3 nitrogen and oxygen atoms in total. The highest BCUT2D eigenvalue weighted by Crippen LogP contribution is 2.45. The first-order valence-corrected chi connectivity index (χ1v) is 9.20. The van der Waals surface area contributed by atoms with Crippen molar-refractivity contribution in [3.63, 3.8) is 0 Å². The SMILES string of the molecule is Cc1ccc(-c2ncc(Cl)cc2Cl)cc1C1C(=O)C2CCC(C2)C1=O. The molecule has 2 aromatic rings. The minimum Gasteiger partial charge on any atom is -0.298 e. The molecule has 0 spiro atoms. The Kier molecular flexibility index (Phi) is 4.17. The zero-order valence-corrected chi connectivity index (χ0v) is 15.3. The number of halogens is 2.